The van der Waals surface area contributed by atoms with E-state index in [9.17, 15) is 19.2 Å². The normalized spacial score (nSPS) is 18.8. The van der Waals surface area contributed by atoms with E-state index in [4.69, 9.17) is 42.4 Å². The van der Waals surface area contributed by atoms with Crippen LogP contribution >= 0.6 is 23.2 Å². The maximum absolute atomic E-state index is 12.5. The average molecular weight is 1700 g/mol. The van der Waals surface area contributed by atoms with Crippen LogP contribution in [0, 0.1) is 46.0 Å². The van der Waals surface area contributed by atoms with Gasteiger partial charge >= 0.3 is 0 Å². The Labute approximate surface area is 721 Å². The summed E-state index contributed by atoms with van der Waals surface area (Å²) in [6, 6.07) is 17.5. The SMILES string of the molecule is C=C(CCOC(C)(C)C)Nc1nc2c(C)cc(Cl)nc2n1C1CCC1.Cc1cc(Cl)nc2c1nc(NC(=O)CC(C)(C)C)n2C1CCC1.Cc1ccc2nc(NC(=O)CCC3CCCC3)n(C3CCC3)c2n1.Cc1ccc2nc(NC(=O)CCC3CCCO3)n(C3CCC3)c2n1.Cc1ccc2nc(NC(=O)C[C@@H]3CCC(C)(C)O3)n(C3CCC3)c2n1. The Kier molecular flexibility index (Phi) is 28.0. The van der Waals surface area contributed by atoms with Gasteiger partial charge in [-0.25, -0.2) is 49.8 Å². The summed E-state index contributed by atoms with van der Waals surface area (Å²) >= 11 is 12.3. The number of carbonyl (C=O) groups is 4. The minimum absolute atomic E-state index is 0.00287. The van der Waals surface area contributed by atoms with Crippen molar-refractivity contribution in [2.45, 2.75) is 336 Å². The second-order valence-corrected chi connectivity index (χ2v) is 38.5. The van der Waals surface area contributed by atoms with Crippen LogP contribution in [0.4, 0.5) is 29.7 Å². The van der Waals surface area contributed by atoms with Crippen LogP contribution in [0.3, 0.4) is 0 Å². The fourth-order valence-corrected chi connectivity index (χ4v) is 17.6. The summed E-state index contributed by atoms with van der Waals surface area (Å²) in [6.45, 7) is 32.0. The third-order valence-electron chi connectivity index (χ3n) is 24.7. The molecule has 10 aromatic heterocycles. The molecule has 121 heavy (non-hydrogen) atoms. The number of fused-ring (bicyclic) bond motifs is 5. The smallest absolute Gasteiger partial charge is 0.229 e. The molecule has 2 atom stereocenters. The van der Waals surface area contributed by atoms with Crippen molar-refractivity contribution in [3.63, 3.8) is 0 Å². The highest BCUT2D eigenvalue weighted by molar-refractivity contribution is 6.30. The number of pyridine rings is 5. The van der Waals surface area contributed by atoms with Gasteiger partial charge in [0.15, 0.2) is 28.2 Å². The third kappa shape index (κ3) is 22.3. The number of aryl methyl sites for hydroxylation is 5. The van der Waals surface area contributed by atoms with Crippen LogP contribution in [-0.2, 0) is 33.4 Å². The molecule has 2 saturated heterocycles. The van der Waals surface area contributed by atoms with Crippen molar-refractivity contribution in [3.05, 3.63) is 99.3 Å². The lowest BCUT2D eigenvalue weighted by Crippen LogP contribution is -2.26. The summed E-state index contributed by atoms with van der Waals surface area (Å²) in [4.78, 5) is 95.9. The second-order valence-electron chi connectivity index (χ2n) is 37.7. The zero-order valence-corrected chi connectivity index (χ0v) is 74.9. The maximum atomic E-state index is 12.5. The van der Waals surface area contributed by atoms with Crippen molar-refractivity contribution in [2.24, 2.45) is 11.3 Å². The number of ether oxygens (including phenoxy) is 3. The van der Waals surface area contributed by atoms with Gasteiger partial charge in [0.05, 0.1) is 36.4 Å². The van der Waals surface area contributed by atoms with E-state index >= 15 is 0 Å². The van der Waals surface area contributed by atoms with Crippen LogP contribution < -0.4 is 26.6 Å². The Bertz CT molecular complexity index is 5230. The van der Waals surface area contributed by atoms with Crippen LogP contribution in [0.2, 0.25) is 10.3 Å². The van der Waals surface area contributed by atoms with Gasteiger partial charge in [-0.05, 0) is 275 Å². The van der Waals surface area contributed by atoms with E-state index in [1.807, 2.05) is 104 Å². The molecule has 4 amide bonds. The quantitative estimate of drug-likeness (QED) is 0.0372. The van der Waals surface area contributed by atoms with E-state index in [1.165, 1.54) is 57.8 Å². The Morgan fingerprint density at radius 2 is 0.851 bits per heavy atom. The van der Waals surface area contributed by atoms with Crippen LogP contribution in [-0.4, -0.2) is 133 Å². The Morgan fingerprint density at radius 1 is 0.455 bits per heavy atom. The predicted octanol–water partition coefficient (Wildman–Crippen LogP) is 21.2. The first kappa shape index (κ1) is 88.3. The monoisotopic (exact) mass is 1690 g/mol. The summed E-state index contributed by atoms with van der Waals surface area (Å²) < 4.78 is 27.9. The van der Waals surface area contributed by atoms with Gasteiger partial charge in [0.1, 0.15) is 37.9 Å². The van der Waals surface area contributed by atoms with E-state index in [0.29, 0.717) is 96.6 Å². The molecule has 27 nitrogen and oxygen atoms in total. The first-order valence-electron chi connectivity index (χ1n) is 44.6. The number of hydrogen-bond acceptors (Lipinski definition) is 18. The van der Waals surface area contributed by atoms with Crippen LogP contribution in [0.1, 0.15) is 306 Å². The summed E-state index contributed by atoms with van der Waals surface area (Å²) in [5.74, 6) is 4.15. The highest BCUT2D eigenvalue weighted by atomic mass is 35.5. The van der Waals surface area contributed by atoms with Gasteiger partial charge in [0, 0.05) is 85.3 Å². The van der Waals surface area contributed by atoms with E-state index in [0.717, 1.165) is 217 Å². The Hall–Kier alpha value is -9.02. The molecular weight excluding hydrogens is 1570 g/mol. The number of amides is 4. The van der Waals surface area contributed by atoms with Crippen LogP contribution in [0.25, 0.3) is 55.8 Å². The zero-order valence-electron chi connectivity index (χ0n) is 73.4. The summed E-state index contributed by atoms with van der Waals surface area (Å²) in [6.07, 6.45) is 31.4. The lowest BCUT2D eigenvalue weighted by molar-refractivity contribution is -0.120. The predicted molar refractivity (Wildman–Crippen MR) is 480 cm³/mol. The van der Waals surface area contributed by atoms with Gasteiger partial charge in [0.2, 0.25) is 53.4 Å². The molecule has 8 aliphatic rings. The lowest BCUT2D eigenvalue weighted by atomic mass is 9.92. The standard InChI is InChI=1S/C19H27ClN4O.C19H26N4O2.C19H26N4O.C18H24N4O2.C17H23ClN4O/c1-12-11-15(20)22-17-16(12)23-18(24(17)14-7-6-8-14)21-13(2)9-10-25-19(3,4)5;1-12-7-8-15-17(20-12)23(13-5-4-6-13)18(21-15)22-16(24)11-14-9-10-19(2,3)25-14;1-13-9-11-16-18(20-13)23(15-7-4-8-15)19(21-16)22-17(24)12-10-14-5-2-3-6-14;1-12-7-9-15-17(19-12)22(13-4-2-5-13)18(20-15)21-16(23)10-8-14-6-3-11-24-14;1-10-8-12(18)19-15-14(10)21-16(22(15)11-6-5-7-11)20-13(23)9-17(2,3)4/h11,14H,2,6-10H2,1,3-5H3,(H,21,23);7-8,13-14H,4-6,9-11H2,1-3H3,(H,21,22,24);9,11,14-15H,2-8,10,12H2,1H3,(H,21,22,24);7,9,13-14H,2-6,8,10-11H2,1H3,(H,20,21,23);8,11H,5-7,9H2,1-4H3,(H,20,21,23)/t;14-;;;/m.0.../s1. The van der Waals surface area contributed by atoms with E-state index in [2.05, 4.69) is 135 Å². The van der Waals surface area contributed by atoms with E-state index in [-0.39, 0.29) is 52.5 Å². The molecule has 2 aliphatic heterocycles. The molecule has 0 spiro atoms. The Balaban J connectivity index is 0.000000124. The molecule has 6 aliphatic carbocycles. The van der Waals surface area contributed by atoms with Gasteiger partial charge < -0.3 is 19.5 Å². The number of imidazole rings is 5. The van der Waals surface area contributed by atoms with Crippen molar-refractivity contribution in [3.8, 4) is 0 Å². The van der Waals surface area contributed by atoms with Crippen molar-refractivity contribution in [1.82, 2.24) is 72.7 Å². The first-order chi connectivity index (χ1) is 57.8. The third-order valence-corrected chi connectivity index (χ3v) is 25.1. The summed E-state index contributed by atoms with van der Waals surface area (Å²) in [5.41, 5.74) is 14.1. The van der Waals surface area contributed by atoms with E-state index < -0.39 is 0 Å². The van der Waals surface area contributed by atoms with Crippen molar-refractivity contribution in [1.29, 1.82) is 0 Å². The lowest BCUT2D eigenvalue weighted by Gasteiger charge is -2.29. The molecule has 6 saturated carbocycles. The van der Waals surface area contributed by atoms with Crippen molar-refractivity contribution in [2.75, 3.05) is 39.8 Å². The molecule has 0 radical (unpaired) electrons. The van der Waals surface area contributed by atoms with Crippen LogP contribution in [0.5, 0.6) is 0 Å². The highest BCUT2D eigenvalue weighted by Crippen LogP contribution is 2.44. The first-order valence-corrected chi connectivity index (χ1v) is 45.3. The van der Waals surface area contributed by atoms with Crippen molar-refractivity contribution >= 4 is 132 Å². The van der Waals surface area contributed by atoms with Gasteiger partial charge in [-0.15, -0.1) is 0 Å². The molecule has 12 heterocycles. The fourth-order valence-electron chi connectivity index (χ4n) is 17.1. The maximum Gasteiger partial charge on any atom is 0.229 e. The number of carbonyl (C=O) groups excluding carboxylic acids is 4. The topological polar surface area (TPSA) is 310 Å². The minimum atomic E-state index is -0.142. The molecule has 18 rings (SSSR count). The molecule has 1 unspecified atom stereocenters. The molecule has 5 N–H and O–H groups in total. The number of halogens is 2. The Morgan fingerprint density at radius 3 is 1.23 bits per heavy atom. The largest absolute Gasteiger partial charge is 0.378 e. The number of nitrogens with zero attached hydrogens (tertiary/aromatic N) is 15. The highest BCUT2D eigenvalue weighted by Gasteiger charge is 2.36. The molecule has 8 fully saturated rings. The number of anilines is 5. The molecule has 29 heteroatoms. The molecule has 650 valence electrons. The second kappa shape index (κ2) is 38.4. The molecule has 0 aromatic carbocycles. The van der Waals surface area contributed by atoms with E-state index in [1.54, 1.807) is 0 Å². The average Bonchev–Trinajstić information content (AvgIpc) is 1.20. The molecular formula is C92H126Cl2N20O7. The van der Waals surface area contributed by atoms with Gasteiger partial charge in [0.25, 0.3) is 0 Å². The van der Waals surface area contributed by atoms with Gasteiger partial charge in [-0.2, -0.15) is 0 Å². The molecule has 10 aromatic rings. The minimum Gasteiger partial charge on any atom is -0.378 e. The van der Waals surface area contributed by atoms with Crippen molar-refractivity contribution < 1.29 is 33.4 Å². The van der Waals surface area contributed by atoms with Gasteiger partial charge in [-0.1, -0.05) is 76.2 Å². The summed E-state index contributed by atoms with van der Waals surface area (Å²) in [5, 5.41) is 16.4. The van der Waals surface area contributed by atoms with Gasteiger partial charge in [-0.3, -0.25) is 63.3 Å². The fraction of sp³-hybridized carbons (Fsp3) is 0.609. The van der Waals surface area contributed by atoms with Crippen LogP contribution in [0.15, 0.2) is 60.8 Å². The number of rotatable bonds is 23. The summed E-state index contributed by atoms with van der Waals surface area (Å²) in [7, 11) is 0. The number of aromatic nitrogens is 15. The number of hydrogen-bond donors (Lipinski definition) is 5. The zero-order chi connectivity index (χ0) is 85.6. The number of nitrogens with one attached hydrogen (secondary N) is 5. The molecule has 0 bridgehead atoms.